The van der Waals surface area contributed by atoms with Gasteiger partial charge >= 0.3 is 0 Å². The second-order valence-corrected chi connectivity index (χ2v) is 10.3. The number of hydrogen-bond donors (Lipinski definition) is 1. The van der Waals surface area contributed by atoms with Crippen molar-refractivity contribution in [2.45, 2.75) is 27.2 Å². The maximum atomic E-state index is 14.7. The van der Waals surface area contributed by atoms with E-state index in [1.807, 2.05) is 25.7 Å². The molecule has 1 aromatic heterocycles. The fraction of sp³-hybridized carbons (Fsp3) is 0.375. The van der Waals surface area contributed by atoms with Gasteiger partial charge in [-0.2, -0.15) is 0 Å². The molecule has 2 aliphatic rings. The summed E-state index contributed by atoms with van der Waals surface area (Å²) in [6.07, 6.45) is 5.47. The molecule has 3 heterocycles. The molecule has 0 bridgehead atoms. The summed E-state index contributed by atoms with van der Waals surface area (Å²) in [5, 5.41) is 1.77. The molecule has 34 heavy (non-hydrogen) atoms. The van der Waals surface area contributed by atoms with E-state index in [1.165, 1.54) is 18.3 Å². The molecule has 2 fully saturated rings. The average molecular weight is 484 g/mol. The molecule has 4 rings (SSSR count). The Morgan fingerprint density at radius 1 is 1.15 bits per heavy atom. The van der Waals surface area contributed by atoms with Crippen LogP contribution in [0, 0.1) is 11.2 Å². The van der Waals surface area contributed by atoms with Gasteiger partial charge in [0.25, 0.3) is 11.1 Å². The molecule has 2 aliphatic heterocycles. The Hall–Kier alpha value is -3.27. The SMILES string of the molecule is CC(C)(C)C(=O)N1CCCN(c2cncc(-c3cc(C=C4SC(=O)NC4=O)ccc3F)n2)CC1. The Morgan fingerprint density at radius 2 is 1.94 bits per heavy atom. The number of hydrogen-bond acceptors (Lipinski definition) is 7. The smallest absolute Gasteiger partial charge is 0.290 e. The first-order valence-corrected chi connectivity index (χ1v) is 11.8. The predicted molar refractivity (Wildman–Crippen MR) is 129 cm³/mol. The van der Waals surface area contributed by atoms with Gasteiger partial charge in [-0.3, -0.25) is 24.7 Å². The zero-order valence-electron chi connectivity index (χ0n) is 19.3. The van der Waals surface area contributed by atoms with Gasteiger partial charge in [-0.15, -0.1) is 0 Å². The molecule has 0 saturated carbocycles. The van der Waals surface area contributed by atoms with Gasteiger partial charge in [-0.25, -0.2) is 9.37 Å². The largest absolute Gasteiger partial charge is 0.353 e. The van der Waals surface area contributed by atoms with Crippen LogP contribution in [0.5, 0.6) is 0 Å². The molecule has 2 saturated heterocycles. The van der Waals surface area contributed by atoms with Gasteiger partial charge in [-0.05, 0) is 42.0 Å². The van der Waals surface area contributed by atoms with Crippen LogP contribution in [0.15, 0.2) is 35.5 Å². The van der Waals surface area contributed by atoms with Gasteiger partial charge in [0.1, 0.15) is 11.6 Å². The van der Waals surface area contributed by atoms with E-state index in [2.05, 4.69) is 20.2 Å². The average Bonchev–Trinajstić information content (AvgIpc) is 2.97. The van der Waals surface area contributed by atoms with Crippen molar-refractivity contribution >= 4 is 40.7 Å². The van der Waals surface area contributed by atoms with E-state index in [0.717, 1.165) is 18.2 Å². The topological polar surface area (TPSA) is 95.5 Å². The zero-order valence-corrected chi connectivity index (χ0v) is 20.1. The Labute approximate surface area is 201 Å². The van der Waals surface area contributed by atoms with Crippen LogP contribution in [0.3, 0.4) is 0 Å². The zero-order chi connectivity index (χ0) is 24.5. The lowest BCUT2D eigenvalue weighted by atomic mass is 9.94. The van der Waals surface area contributed by atoms with Gasteiger partial charge in [0.15, 0.2) is 0 Å². The number of thioether (sulfide) groups is 1. The number of carbonyl (C=O) groups excluding carboxylic acids is 3. The number of carbonyl (C=O) groups is 3. The van der Waals surface area contributed by atoms with Crippen molar-refractivity contribution < 1.29 is 18.8 Å². The number of aromatic nitrogens is 2. The summed E-state index contributed by atoms with van der Waals surface area (Å²) < 4.78 is 14.7. The highest BCUT2D eigenvalue weighted by Crippen LogP contribution is 2.29. The fourth-order valence-electron chi connectivity index (χ4n) is 3.86. The van der Waals surface area contributed by atoms with Crippen molar-refractivity contribution in [1.29, 1.82) is 0 Å². The van der Waals surface area contributed by atoms with E-state index in [-0.39, 0.29) is 16.4 Å². The van der Waals surface area contributed by atoms with Crippen LogP contribution >= 0.6 is 11.8 Å². The van der Waals surface area contributed by atoms with Crippen molar-refractivity contribution in [3.63, 3.8) is 0 Å². The quantitative estimate of drug-likeness (QED) is 0.665. The van der Waals surface area contributed by atoms with Crippen molar-refractivity contribution in [1.82, 2.24) is 20.2 Å². The second-order valence-electron chi connectivity index (χ2n) is 9.24. The lowest BCUT2D eigenvalue weighted by molar-refractivity contribution is -0.139. The standard InChI is InChI=1S/C24H26FN5O3S/c1-24(2,3)22(32)30-8-4-7-29(9-10-30)20-14-26-13-18(27-20)16-11-15(5-6-17(16)25)12-19-21(31)28-23(33)34-19/h5-6,11-14H,4,7-10H2,1-3H3,(H,28,31,33). The molecule has 1 aromatic carbocycles. The summed E-state index contributed by atoms with van der Waals surface area (Å²) in [6.45, 7) is 8.33. The monoisotopic (exact) mass is 483 g/mol. The number of imide groups is 1. The van der Waals surface area contributed by atoms with Crippen LogP contribution in [0.25, 0.3) is 17.3 Å². The molecule has 0 aliphatic carbocycles. The Morgan fingerprint density at radius 3 is 2.65 bits per heavy atom. The number of amides is 3. The molecule has 8 nitrogen and oxygen atoms in total. The summed E-state index contributed by atoms with van der Waals surface area (Å²) in [5.41, 5.74) is 0.749. The van der Waals surface area contributed by atoms with Crippen LogP contribution in [0.2, 0.25) is 0 Å². The van der Waals surface area contributed by atoms with E-state index >= 15 is 0 Å². The predicted octanol–water partition coefficient (Wildman–Crippen LogP) is 3.69. The van der Waals surface area contributed by atoms with E-state index in [9.17, 15) is 18.8 Å². The summed E-state index contributed by atoms with van der Waals surface area (Å²) in [5.74, 6) is -0.200. The van der Waals surface area contributed by atoms with Crippen LogP contribution in [-0.2, 0) is 9.59 Å². The maximum Gasteiger partial charge on any atom is 0.290 e. The third kappa shape index (κ3) is 5.27. The molecule has 0 spiro atoms. The molecular formula is C24H26FN5O3S. The third-order valence-electron chi connectivity index (χ3n) is 5.58. The second kappa shape index (κ2) is 9.54. The summed E-state index contributed by atoms with van der Waals surface area (Å²) in [6, 6.07) is 4.42. The van der Waals surface area contributed by atoms with Gasteiger partial charge in [0.2, 0.25) is 5.91 Å². The van der Waals surface area contributed by atoms with E-state index in [4.69, 9.17) is 0 Å². The minimum atomic E-state index is -0.470. The first-order chi connectivity index (χ1) is 16.1. The molecule has 0 unspecified atom stereocenters. The first-order valence-electron chi connectivity index (χ1n) is 11.0. The minimum Gasteiger partial charge on any atom is -0.353 e. The highest BCUT2D eigenvalue weighted by molar-refractivity contribution is 8.18. The first kappa shape index (κ1) is 23.9. The molecule has 0 radical (unpaired) electrons. The Balaban J connectivity index is 1.56. The van der Waals surface area contributed by atoms with Crippen LogP contribution < -0.4 is 10.2 Å². The van der Waals surface area contributed by atoms with Gasteiger partial charge in [0.05, 0.1) is 23.0 Å². The Bertz CT molecular complexity index is 1180. The molecule has 2 aromatic rings. The lowest BCUT2D eigenvalue weighted by Crippen LogP contribution is -2.41. The van der Waals surface area contributed by atoms with E-state index in [1.54, 1.807) is 18.3 Å². The number of halogens is 1. The lowest BCUT2D eigenvalue weighted by Gasteiger charge is -2.28. The number of anilines is 1. The van der Waals surface area contributed by atoms with Crippen molar-refractivity contribution in [2.24, 2.45) is 5.41 Å². The summed E-state index contributed by atoms with van der Waals surface area (Å²) >= 11 is 0.806. The van der Waals surface area contributed by atoms with Crippen LogP contribution in [0.1, 0.15) is 32.8 Å². The molecule has 3 amide bonds. The number of nitrogens with one attached hydrogen (secondary N) is 1. The molecule has 0 atom stereocenters. The summed E-state index contributed by atoms with van der Waals surface area (Å²) in [7, 11) is 0. The van der Waals surface area contributed by atoms with Gasteiger partial charge in [0, 0.05) is 37.2 Å². The molecular weight excluding hydrogens is 457 g/mol. The normalized spacial score (nSPS) is 18.3. The van der Waals surface area contributed by atoms with Crippen molar-refractivity contribution in [2.75, 3.05) is 31.1 Å². The molecule has 10 heteroatoms. The number of rotatable bonds is 3. The van der Waals surface area contributed by atoms with Crippen LogP contribution in [-0.4, -0.2) is 58.1 Å². The molecule has 178 valence electrons. The fourth-order valence-corrected chi connectivity index (χ4v) is 4.55. The van der Waals surface area contributed by atoms with Gasteiger partial charge in [-0.1, -0.05) is 26.8 Å². The third-order valence-corrected chi connectivity index (χ3v) is 6.39. The van der Waals surface area contributed by atoms with E-state index < -0.39 is 22.4 Å². The highest BCUT2D eigenvalue weighted by atomic mass is 32.2. The molecule has 1 N–H and O–H groups in total. The minimum absolute atomic E-state index is 0.123. The maximum absolute atomic E-state index is 14.7. The number of nitrogens with zero attached hydrogens (tertiary/aromatic N) is 4. The van der Waals surface area contributed by atoms with E-state index in [0.29, 0.717) is 43.3 Å². The summed E-state index contributed by atoms with van der Waals surface area (Å²) in [4.78, 5) is 49.0. The van der Waals surface area contributed by atoms with Gasteiger partial charge < -0.3 is 9.80 Å². The van der Waals surface area contributed by atoms with Crippen molar-refractivity contribution in [3.05, 3.63) is 46.9 Å². The van der Waals surface area contributed by atoms with Crippen LogP contribution in [0.4, 0.5) is 15.0 Å². The Kier molecular flexibility index (Phi) is 6.70. The van der Waals surface area contributed by atoms with Crippen molar-refractivity contribution in [3.8, 4) is 11.3 Å². The highest BCUT2D eigenvalue weighted by Gasteiger charge is 2.29. The number of benzene rings is 1.